The lowest BCUT2D eigenvalue weighted by molar-refractivity contribution is 0.0656. The van der Waals surface area contributed by atoms with Gasteiger partial charge in [0.2, 0.25) is 0 Å². The molecular formula is C12H27NO. The Hall–Kier alpha value is -0.500. The van der Waals surface area contributed by atoms with E-state index < -0.39 is 0 Å². The van der Waals surface area contributed by atoms with Gasteiger partial charge in [-0.05, 0) is 27.2 Å². The minimum absolute atomic E-state index is 0.358. The van der Waals surface area contributed by atoms with Crippen LogP contribution >= 0.6 is 0 Å². The first-order valence-corrected chi connectivity index (χ1v) is 5.56. The molecule has 1 atom stereocenters. The first-order chi connectivity index (χ1) is 6.57. The lowest BCUT2D eigenvalue weighted by Gasteiger charge is -2.20. The minimum atomic E-state index is 0.358. The van der Waals surface area contributed by atoms with E-state index in [0.717, 1.165) is 25.3 Å². The average molecular weight is 201 g/mol. The molecule has 0 heterocycles. The van der Waals surface area contributed by atoms with Crippen molar-refractivity contribution in [1.29, 1.82) is 0 Å². The van der Waals surface area contributed by atoms with Crippen molar-refractivity contribution in [2.24, 2.45) is 0 Å². The van der Waals surface area contributed by atoms with Crippen LogP contribution in [0.3, 0.4) is 0 Å². The van der Waals surface area contributed by atoms with E-state index in [4.69, 9.17) is 4.74 Å². The minimum Gasteiger partial charge on any atom is -0.379 e. The fourth-order valence-electron chi connectivity index (χ4n) is 0.934. The lowest BCUT2D eigenvalue weighted by atomic mass is 10.2. The molecule has 0 aliphatic carbocycles. The molecule has 0 aromatic heterocycles. The van der Waals surface area contributed by atoms with Gasteiger partial charge in [-0.1, -0.05) is 20.4 Å². The summed E-state index contributed by atoms with van der Waals surface area (Å²) in [6.45, 7) is 15.8. The molecule has 0 aromatic rings. The van der Waals surface area contributed by atoms with Crippen molar-refractivity contribution < 1.29 is 4.74 Å². The molecular weight excluding hydrogens is 174 g/mol. The van der Waals surface area contributed by atoms with Crippen molar-refractivity contribution in [3.05, 3.63) is 12.3 Å². The van der Waals surface area contributed by atoms with Gasteiger partial charge in [0.05, 0.1) is 6.10 Å². The van der Waals surface area contributed by atoms with Crippen molar-refractivity contribution in [2.75, 3.05) is 20.2 Å². The Kier molecular flexibility index (Phi) is 12.1. The summed E-state index contributed by atoms with van der Waals surface area (Å²) in [6.07, 6.45) is 1.42. The van der Waals surface area contributed by atoms with Crippen molar-refractivity contribution in [1.82, 2.24) is 4.90 Å². The van der Waals surface area contributed by atoms with E-state index in [-0.39, 0.29) is 0 Å². The van der Waals surface area contributed by atoms with Crippen molar-refractivity contribution >= 4 is 0 Å². The number of rotatable bonds is 6. The van der Waals surface area contributed by atoms with Gasteiger partial charge in [-0.3, -0.25) is 0 Å². The van der Waals surface area contributed by atoms with Crippen LogP contribution in [-0.4, -0.2) is 31.2 Å². The second-order valence-electron chi connectivity index (χ2n) is 3.21. The Morgan fingerprint density at radius 3 is 2.29 bits per heavy atom. The summed E-state index contributed by atoms with van der Waals surface area (Å²) in [5, 5.41) is 0. The van der Waals surface area contributed by atoms with Crippen LogP contribution in [-0.2, 0) is 4.74 Å². The standard InChI is InChI=1S/C10H21NO.C2H6/c1-6-12-10(4)7-8-11(5)9(2)3;1-2/h10H,2,6-8H2,1,3-5H3;1-2H3. The Bertz CT molecular complexity index is 134. The van der Waals surface area contributed by atoms with E-state index in [1.807, 2.05) is 27.7 Å². The van der Waals surface area contributed by atoms with E-state index in [1.165, 1.54) is 0 Å². The summed E-state index contributed by atoms with van der Waals surface area (Å²) in [6, 6.07) is 0. The Morgan fingerprint density at radius 1 is 1.43 bits per heavy atom. The highest BCUT2D eigenvalue weighted by atomic mass is 16.5. The van der Waals surface area contributed by atoms with Crippen molar-refractivity contribution in [2.45, 2.75) is 47.1 Å². The topological polar surface area (TPSA) is 12.5 Å². The van der Waals surface area contributed by atoms with Gasteiger partial charge >= 0.3 is 0 Å². The van der Waals surface area contributed by atoms with Gasteiger partial charge in [0.25, 0.3) is 0 Å². The number of ether oxygens (including phenoxy) is 1. The zero-order chi connectivity index (χ0) is 11.6. The van der Waals surface area contributed by atoms with Crippen LogP contribution in [0.4, 0.5) is 0 Å². The highest BCUT2D eigenvalue weighted by Gasteiger charge is 2.02. The highest BCUT2D eigenvalue weighted by molar-refractivity contribution is 4.85. The van der Waals surface area contributed by atoms with Gasteiger partial charge in [-0.15, -0.1) is 0 Å². The summed E-state index contributed by atoms with van der Waals surface area (Å²) < 4.78 is 5.42. The molecule has 0 spiro atoms. The monoisotopic (exact) mass is 201 g/mol. The quantitative estimate of drug-likeness (QED) is 0.654. The van der Waals surface area contributed by atoms with Crippen molar-refractivity contribution in [3.63, 3.8) is 0 Å². The summed E-state index contributed by atoms with van der Waals surface area (Å²) in [7, 11) is 2.06. The third-order valence-corrected chi connectivity index (χ3v) is 1.97. The number of hydrogen-bond acceptors (Lipinski definition) is 2. The molecule has 2 heteroatoms. The third kappa shape index (κ3) is 9.59. The molecule has 0 N–H and O–H groups in total. The Morgan fingerprint density at radius 2 is 1.93 bits per heavy atom. The molecule has 0 saturated carbocycles. The lowest BCUT2D eigenvalue weighted by Crippen LogP contribution is -2.21. The molecule has 2 nitrogen and oxygen atoms in total. The SMILES string of the molecule is C=C(C)N(C)CCC(C)OCC.CC. The van der Waals surface area contributed by atoms with E-state index in [0.29, 0.717) is 6.10 Å². The summed E-state index contributed by atoms with van der Waals surface area (Å²) in [5.74, 6) is 0. The van der Waals surface area contributed by atoms with Crippen LogP contribution in [0.15, 0.2) is 12.3 Å². The highest BCUT2D eigenvalue weighted by Crippen LogP contribution is 2.02. The molecule has 1 unspecified atom stereocenters. The van der Waals surface area contributed by atoms with Gasteiger partial charge in [0.15, 0.2) is 0 Å². The largest absolute Gasteiger partial charge is 0.379 e. The molecule has 0 rings (SSSR count). The van der Waals surface area contributed by atoms with Gasteiger partial charge in [0.1, 0.15) is 0 Å². The van der Waals surface area contributed by atoms with Crippen LogP contribution in [0.5, 0.6) is 0 Å². The first-order valence-electron chi connectivity index (χ1n) is 5.56. The maximum Gasteiger partial charge on any atom is 0.0563 e. The molecule has 14 heavy (non-hydrogen) atoms. The third-order valence-electron chi connectivity index (χ3n) is 1.97. The van der Waals surface area contributed by atoms with E-state index >= 15 is 0 Å². The van der Waals surface area contributed by atoms with Crippen LogP contribution < -0.4 is 0 Å². The van der Waals surface area contributed by atoms with E-state index in [1.54, 1.807) is 0 Å². The maximum absolute atomic E-state index is 5.42. The van der Waals surface area contributed by atoms with Crippen molar-refractivity contribution in [3.8, 4) is 0 Å². The molecule has 0 aliphatic heterocycles. The second kappa shape index (κ2) is 10.6. The summed E-state index contributed by atoms with van der Waals surface area (Å²) in [4.78, 5) is 2.15. The van der Waals surface area contributed by atoms with Gasteiger partial charge in [0, 0.05) is 25.9 Å². The molecule has 0 fully saturated rings. The predicted octanol–water partition coefficient (Wildman–Crippen LogP) is 3.29. The fraction of sp³-hybridized carbons (Fsp3) is 0.833. The smallest absolute Gasteiger partial charge is 0.0563 e. The zero-order valence-electron chi connectivity index (χ0n) is 10.8. The molecule has 86 valence electrons. The second-order valence-corrected chi connectivity index (χ2v) is 3.21. The van der Waals surface area contributed by atoms with Crippen LogP contribution in [0.2, 0.25) is 0 Å². The molecule has 0 bridgehead atoms. The summed E-state index contributed by atoms with van der Waals surface area (Å²) in [5.41, 5.74) is 1.11. The van der Waals surface area contributed by atoms with Crippen LogP contribution in [0.25, 0.3) is 0 Å². The van der Waals surface area contributed by atoms with Gasteiger partial charge < -0.3 is 9.64 Å². The number of allylic oxidation sites excluding steroid dienone is 1. The fourth-order valence-corrected chi connectivity index (χ4v) is 0.934. The molecule has 0 saturated heterocycles. The van der Waals surface area contributed by atoms with E-state index in [2.05, 4.69) is 25.5 Å². The Labute approximate surface area is 89.9 Å². The molecule has 0 aliphatic rings. The first kappa shape index (κ1) is 15.9. The normalized spacial score (nSPS) is 11.3. The van der Waals surface area contributed by atoms with Crippen LogP contribution in [0.1, 0.15) is 41.0 Å². The zero-order valence-corrected chi connectivity index (χ0v) is 10.8. The van der Waals surface area contributed by atoms with E-state index in [9.17, 15) is 0 Å². The predicted molar refractivity (Wildman–Crippen MR) is 64.5 cm³/mol. The average Bonchev–Trinajstić information content (AvgIpc) is 2.17. The van der Waals surface area contributed by atoms with Gasteiger partial charge in [-0.25, -0.2) is 0 Å². The van der Waals surface area contributed by atoms with Gasteiger partial charge in [-0.2, -0.15) is 0 Å². The Balaban J connectivity index is 0. The van der Waals surface area contributed by atoms with Crippen LogP contribution in [0, 0.1) is 0 Å². The number of nitrogens with zero attached hydrogens (tertiary/aromatic N) is 1. The molecule has 0 amide bonds. The maximum atomic E-state index is 5.42. The molecule has 0 radical (unpaired) electrons. The summed E-state index contributed by atoms with van der Waals surface area (Å²) >= 11 is 0. The number of hydrogen-bond donors (Lipinski definition) is 0. The molecule has 0 aromatic carbocycles.